The number of hydrogen-bond acceptors (Lipinski definition) is 4. The molecule has 0 spiro atoms. The Morgan fingerprint density at radius 3 is 2.20 bits per heavy atom. The average Bonchev–Trinajstić information content (AvgIpc) is 3.39. The molecule has 7 heteroatoms. The second-order valence-electron chi connectivity index (χ2n) is 6.18. The van der Waals surface area contributed by atoms with Gasteiger partial charge in [-0.05, 0) is 61.7 Å². The zero-order valence-corrected chi connectivity index (χ0v) is 14.6. The quantitative estimate of drug-likeness (QED) is 0.737. The SMILES string of the molecule is C[C@@H](O)c1ccc(S(=O)(=O)Nc2ccc(C(=O)NC3CC3)cc2)cc1. The number of carbonyl (C=O) groups excluding carboxylic acids is 1. The Labute approximate surface area is 146 Å². The van der Waals surface area contributed by atoms with Crippen molar-refractivity contribution in [3.05, 3.63) is 59.7 Å². The molecule has 0 heterocycles. The van der Waals surface area contributed by atoms with Gasteiger partial charge in [0.05, 0.1) is 11.0 Å². The van der Waals surface area contributed by atoms with E-state index in [9.17, 15) is 18.3 Å². The fourth-order valence-electron chi connectivity index (χ4n) is 2.33. The highest BCUT2D eigenvalue weighted by molar-refractivity contribution is 7.92. The normalized spacial score (nSPS) is 15.4. The minimum Gasteiger partial charge on any atom is -0.389 e. The van der Waals surface area contributed by atoms with Crippen LogP contribution >= 0.6 is 0 Å². The first kappa shape index (κ1) is 17.4. The van der Waals surface area contributed by atoms with Gasteiger partial charge >= 0.3 is 0 Å². The summed E-state index contributed by atoms with van der Waals surface area (Å²) in [6.45, 7) is 1.61. The molecular weight excluding hydrogens is 340 g/mol. The fourth-order valence-corrected chi connectivity index (χ4v) is 3.38. The Kier molecular flexibility index (Phi) is 4.78. The van der Waals surface area contributed by atoms with Crippen LogP contribution < -0.4 is 10.0 Å². The van der Waals surface area contributed by atoms with Gasteiger partial charge in [0.2, 0.25) is 0 Å². The molecule has 0 unspecified atom stereocenters. The van der Waals surface area contributed by atoms with Crippen molar-refractivity contribution in [1.29, 1.82) is 0 Å². The van der Waals surface area contributed by atoms with Crippen LogP contribution in [0.4, 0.5) is 5.69 Å². The molecule has 0 aliphatic heterocycles. The van der Waals surface area contributed by atoms with Crippen LogP contribution in [0.3, 0.4) is 0 Å². The van der Waals surface area contributed by atoms with Gasteiger partial charge in [0.15, 0.2) is 0 Å². The highest BCUT2D eigenvalue weighted by Crippen LogP contribution is 2.21. The van der Waals surface area contributed by atoms with Gasteiger partial charge in [0.25, 0.3) is 15.9 Å². The monoisotopic (exact) mass is 360 g/mol. The van der Waals surface area contributed by atoms with Crippen molar-refractivity contribution >= 4 is 21.6 Å². The number of anilines is 1. The Balaban J connectivity index is 1.70. The number of nitrogens with one attached hydrogen (secondary N) is 2. The molecule has 2 aromatic carbocycles. The van der Waals surface area contributed by atoms with Gasteiger partial charge in [-0.25, -0.2) is 8.42 Å². The predicted molar refractivity (Wildman–Crippen MR) is 94.8 cm³/mol. The number of aliphatic hydroxyl groups excluding tert-OH is 1. The summed E-state index contributed by atoms with van der Waals surface area (Å²) in [6.07, 6.45) is 1.37. The molecule has 1 aliphatic carbocycles. The molecule has 132 valence electrons. The van der Waals surface area contributed by atoms with Crippen LogP contribution in [0.25, 0.3) is 0 Å². The van der Waals surface area contributed by atoms with Gasteiger partial charge < -0.3 is 10.4 Å². The first-order valence-corrected chi connectivity index (χ1v) is 9.55. The minimum atomic E-state index is -3.73. The van der Waals surface area contributed by atoms with Gasteiger partial charge in [0, 0.05) is 17.3 Å². The molecule has 0 radical (unpaired) electrons. The molecular formula is C18H20N2O4S. The number of amides is 1. The van der Waals surface area contributed by atoms with Crippen LogP contribution in [0.5, 0.6) is 0 Å². The van der Waals surface area contributed by atoms with Crippen LogP contribution in [0.1, 0.15) is 41.8 Å². The molecule has 1 atom stereocenters. The zero-order chi connectivity index (χ0) is 18.0. The van der Waals surface area contributed by atoms with Gasteiger partial charge in [-0.15, -0.1) is 0 Å². The number of sulfonamides is 1. The van der Waals surface area contributed by atoms with E-state index in [2.05, 4.69) is 10.0 Å². The van der Waals surface area contributed by atoms with E-state index in [0.29, 0.717) is 16.8 Å². The van der Waals surface area contributed by atoms with Crippen molar-refractivity contribution in [2.45, 2.75) is 36.8 Å². The van der Waals surface area contributed by atoms with Crippen molar-refractivity contribution in [1.82, 2.24) is 5.32 Å². The molecule has 2 aromatic rings. The molecule has 0 saturated heterocycles. The van der Waals surface area contributed by atoms with E-state index in [4.69, 9.17) is 0 Å². The zero-order valence-electron chi connectivity index (χ0n) is 13.8. The Hall–Kier alpha value is -2.38. The maximum absolute atomic E-state index is 12.4. The average molecular weight is 360 g/mol. The van der Waals surface area contributed by atoms with Crippen molar-refractivity contribution < 1.29 is 18.3 Å². The highest BCUT2D eigenvalue weighted by Gasteiger charge is 2.23. The van der Waals surface area contributed by atoms with E-state index in [1.807, 2.05) is 0 Å². The van der Waals surface area contributed by atoms with Crippen LogP contribution in [-0.4, -0.2) is 25.5 Å². The van der Waals surface area contributed by atoms with Gasteiger partial charge in [-0.2, -0.15) is 0 Å². The number of benzene rings is 2. The maximum Gasteiger partial charge on any atom is 0.261 e. The van der Waals surface area contributed by atoms with Gasteiger partial charge in [-0.1, -0.05) is 12.1 Å². The van der Waals surface area contributed by atoms with Gasteiger partial charge in [0.1, 0.15) is 0 Å². The largest absolute Gasteiger partial charge is 0.389 e. The molecule has 1 saturated carbocycles. The van der Waals surface area contributed by atoms with E-state index in [1.54, 1.807) is 43.3 Å². The van der Waals surface area contributed by atoms with E-state index in [0.717, 1.165) is 12.8 Å². The first-order chi connectivity index (χ1) is 11.8. The lowest BCUT2D eigenvalue weighted by Crippen LogP contribution is -2.25. The number of carbonyl (C=O) groups is 1. The van der Waals surface area contributed by atoms with Crippen LogP contribution in [0, 0.1) is 0 Å². The summed E-state index contributed by atoms with van der Waals surface area (Å²) in [5.41, 5.74) is 1.52. The van der Waals surface area contributed by atoms with Crippen LogP contribution in [0.15, 0.2) is 53.4 Å². The molecule has 1 amide bonds. The lowest BCUT2D eigenvalue weighted by molar-refractivity contribution is 0.0951. The van der Waals surface area contributed by atoms with Crippen molar-refractivity contribution in [3.63, 3.8) is 0 Å². The van der Waals surface area contributed by atoms with E-state index >= 15 is 0 Å². The lowest BCUT2D eigenvalue weighted by Gasteiger charge is -2.10. The molecule has 25 heavy (non-hydrogen) atoms. The molecule has 1 fully saturated rings. The van der Waals surface area contributed by atoms with Crippen molar-refractivity contribution in [3.8, 4) is 0 Å². The second kappa shape index (κ2) is 6.85. The lowest BCUT2D eigenvalue weighted by atomic mass is 10.1. The minimum absolute atomic E-state index is 0.104. The summed E-state index contributed by atoms with van der Waals surface area (Å²) in [4.78, 5) is 12.0. The number of aliphatic hydroxyl groups is 1. The third-order valence-corrected chi connectivity index (χ3v) is 5.38. The Morgan fingerprint density at radius 2 is 1.68 bits per heavy atom. The van der Waals surface area contributed by atoms with E-state index in [1.165, 1.54) is 12.1 Å². The number of rotatable bonds is 6. The molecule has 1 aliphatic rings. The van der Waals surface area contributed by atoms with Crippen molar-refractivity contribution in [2.75, 3.05) is 4.72 Å². The molecule has 0 aromatic heterocycles. The van der Waals surface area contributed by atoms with Crippen LogP contribution in [-0.2, 0) is 10.0 Å². The Bertz CT molecular complexity index is 855. The summed E-state index contributed by atoms with van der Waals surface area (Å²) < 4.78 is 27.3. The summed E-state index contributed by atoms with van der Waals surface area (Å²) in [5.74, 6) is -0.148. The Morgan fingerprint density at radius 1 is 1.08 bits per heavy atom. The van der Waals surface area contributed by atoms with E-state index < -0.39 is 16.1 Å². The highest BCUT2D eigenvalue weighted by atomic mass is 32.2. The third kappa shape index (κ3) is 4.37. The molecule has 0 bridgehead atoms. The van der Waals surface area contributed by atoms with Crippen molar-refractivity contribution in [2.24, 2.45) is 0 Å². The number of hydrogen-bond donors (Lipinski definition) is 3. The first-order valence-electron chi connectivity index (χ1n) is 8.07. The van der Waals surface area contributed by atoms with E-state index in [-0.39, 0.29) is 16.8 Å². The van der Waals surface area contributed by atoms with Gasteiger partial charge in [-0.3, -0.25) is 9.52 Å². The second-order valence-corrected chi connectivity index (χ2v) is 7.86. The molecule has 6 nitrogen and oxygen atoms in total. The summed E-state index contributed by atoms with van der Waals surface area (Å²) in [7, 11) is -3.73. The fraction of sp³-hybridized carbons (Fsp3) is 0.278. The summed E-state index contributed by atoms with van der Waals surface area (Å²) >= 11 is 0. The summed E-state index contributed by atoms with van der Waals surface area (Å²) in [5, 5.41) is 12.4. The summed E-state index contributed by atoms with van der Waals surface area (Å²) in [6, 6.07) is 12.6. The topological polar surface area (TPSA) is 95.5 Å². The third-order valence-electron chi connectivity index (χ3n) is 3.98. The smallest absolute Gasteiger partial charge is 0.261 e. The standard InChI is InChI=1S/C18H20N2O4S/c1-12(21)13-4-10-17(11-5-13)25(23,24)20-16-6-2-14(3-7-16)18(22)19-15-8-9-15/h2-7,10-12,15,20-21H,8-9H2,1H3,(H,19,22)/t12-/m1/s1. The molecule has 3 N–H and O–H groups in total. The molecule has 3 rings (SSSR count). The predicted octanol–water partition coefficient (Wildman–Crippen LogP) is 2.43. The maximum atomic E-state index is 12.4. The van der Waals surface area contributed by atoms with Crippen LogP contribution in [0.2, 0.25) is 0 Å².